The Morgan fingerprint density at radius 3 is 2.86 bits per heavy atom. The normalized spacial score (nSPS) is 15.7. The molecular weight excluding hydrogens is 281 g/mol. The van der Waals surface area contributed by atoms with E-state index >= 15 is 0 Å². The third kappa shape index (κ3) is 3.35. The Labute approximate surface area is 130 Å². The predicted molar refractivity (Wildman–Crippen MR) is 87.5 cm³/mol. The van der Waals surface area contributed by atoms with E-state index in [1.165, 1.54) is 47.1 Å². The van der Waals surface area contributed by atoms with E-state index in [2.05, 4.69) is 18.3 Å². The van der Waals surface area contributed by atoms with Gasteiger partial charge in [-0.15, -0.1) is 11.3 Å². The standard InChI is InChI=1S/C18H22FNS/c1-2-10-20-18(14-7-5-8-15(19)11-14)17-12-13-6-3-4-9-16(13)21-17/h5,7-8,11-12,18,20H,2-4,6,9-10H2,1H3. The van der Waals surface area contributed by atoms with Crippen molar-refractivity contribution in [1.82, 2.24) is 5.32 Å². The summed E-state index contributed by atoms with van der Waals surface area (Å²) < 4.78 is 13.6. The average molecular weight is 303 g/mol. The van der Waals surface area contributed by atoms with Crippen LogP contribution >= 0.6 is 11.3 Å². The number of halogens is 1. The van der Waals surface area contributed by atoms with Crippen LogP contribution in [0.2, 0.25) is 0 Å². The van der Waals surface area contributed by atoms with Crippen LogP contribution in [0.25, 0.3) is 0 Å². The van der Waals surface area contributed by atoms with Gasteiger partial charge in [0, 0.05) is 9.75 Å². The SMILES string of the molecule is CCCNC(c1cccc(F)c1)c1cc2c(s1)CCCC2. The quantitative estimate of drug-likeness (QED) is 0.832. The second kappa shape index (κ2) is 6.71. The molecule has 0 saturated carbocycles. The van der Waals surface area contributed by atoms with E-state index < -0.39 is 0 Å². The predicted octanol–water partition coefficient (Wildman–Crippen LogP) is 4.86. The maximum Gasteiger partial charge on any atom is 0.123 e. The minimum Gasteiger partial charge on any atom is -0.306 e. The molecule has 0 aliphatic heterocycles. The topological polar surface area (TPSA) is 12.0 Å². The molecule has 0 amide bonds. The highest BCUT2D eigenvalue weighted by Gasteiger charge is 2.20. The van der Waals surface area contributed by atoms with E-state index in [1.54, 1.807) is 12.1 Å². The summed E-state index contributed by atoms with van der Waals surface area (Å²) in [7, 11) is 0. The van der Waals surface area contributed by atoms with Gasteiger partial charge in [-0.1, -0.05) is 19.1 Å². The fourth-order valence-corrected chi connectivity index (χ4v) is 4.37. The van der Waals surface area contributed by atoms with Gasteiger partial charge in [0.1, 0.15) is 5.82 Å². The summed E-state index contributed by atoms with van der Waals surface area (Å²) in [6.07, 6.45) is 6.10. The van der Waals surface area contributed by atoms with Crippen molar-refractivity contribution in [3.63, 3.8) is 0 Å². The molecule has 3 heteroatoms. The molecule has 2 aromatic rings. The second-order valence-corrected chi connectivity index (χ2v) is 6.91. The number of rotatable bonds is 5. The van der Waals surface area contributed by atoms with Crippen LogP contribution in [-0.4, -0.2) is 6.54 Å². The number of aryl methyl sites for hydroxylation is 2. The first-order chi connectivity index (χ1) is 10.3. The molecule has 0 bridgehead atoms. The van der Waals surface area contributed by atoms with Gasteiger partial charge in [0.15, 0.2) is 0 Å². The molecule has 112 valence electrons. The number of fused-ring (bicyclic) bond motifs is 1. The van der Waals surface area contributed by atoms with E-state index in [-0.39, 0.29) is 11.9 Å². The van der Waals surface area contributed by atoms with Crippen molar-refractivity contribution >= 4 is 11.3 Å². The van der Waals surface area contributed by atoms with Gasteiger partial charge >= 0.3 is 0 Å². The van der Waals surface area contributed by atoms with E-state index in [9.17, 15) is 4.39 Å². The Morgan fingerprint density at radius 1 is 1.24 bits per heavy atom. The first-order valence-electron chi connectivity index (χ1n) is 7.88. The van der Waals surface area contributed by atoms with Crippen molar-refractivity contribution in [2.24, 2.45) is 0 Å². The lowest BCUT2D eigenvalue weighted by Gasteiger charge is -2.17. The largest absolute Gasteiger partial charge is 0.306 e. The van der Waals surface area contributed by atoms with Crippen molar-refractivity contribution in [2.75, 3.05) is 6.54 Å². The molecule has 0 radical (unpaired) electrons. The molecule has 1 N–H and O–H groups in total. The molecule has 1 nitrogen and oxygen atoms in total. The van der Waals surface area contributed by atoms with E-state index in [1.807, 2.05) is 17.4 Å². The molecule has 0 spiro atoms. The van der Waals surface area contributed by atoms with Gasteiger partial charge in [0.25, 0.3) is 0 Å². The highest BCUT2D eigenvalue weighted by Crippen LogP contribution is 2.35. The first kappa shape index (κ1) is 14.7. The molecule has 1 atom stereocenters. The van der Waals surface area contributed by atoms with Crippen LogP contribution in [0.3, 0.4) is 0 Å². The van der Waals surface area contributed by atoms with Gasteiger partial charge in [0.05, 0.1) is 6.04 Å². The van der Waals surface area contributed by atoms with Crippen LogP contribution in [0.1, 0.15) is 53.1 Å². The van der Waals surface area contributed by atoms with E-state index in [4.69, 9.17) is 0 Å². The Bertz CT molecular complexity index is 582. The second-order valence-electron chi connectivity index (χ2n) is 5.75. The van der Waals surface area contributed by atoms with Crippen LogP contribution in [0.15, 0.2) is 30.3 Å². The minimum atomic E-state index is -0.155. The molecule has 0 saturated heterocycles. The van der Waals surface area contributed by atoms with E-state index in [0.29, 0.717) is 0 Å². The molecule has 3 rings (SSSR count). The zero-order valence-corrected chi connectivity index (χ0v) is 13.3. The molecule has 1 aliphatic rings. The van der Waals surface area contributed by atoms with Gasteiger partial charge < -0.3 is 5.32 Å². The Balaban J connectivity index is 1.93. The fraction of sp³-hybridized carbons (Fsp3) is 0.444. The summed E-state index contributed by atoms with van der Waals surface area (Å²) in [6, 6.07) is 9.47. The van der Waals surface area contributed by atoms with Crippen molar-refractivity contribution < 1.29 is 4.39 Å². The highest BCUT2D eigenvalue weighted by molar-refractivity contribution is 7.12. The third-order valence-electron chi connectivity index (χ3n) is 4.08. The fourth-order valence-electron chi connectivity index (χ4n) is 3.01. The zero-order chi connectivity index (χ0) is 14.7. The van der Waals surface area contributed by atoms with Crippen molar-refractivity contribution in [3.8, 4) is 0 Å². The smallest absolute Gasteiger partial charge is 0.123 e. The first-order valence-corrected chi connectivity index (χ1v) is 8.70. The maximum atomic E-state index is 13.6. The summed E-state index contributed by atoms with van der Waals surface area (Å²) in [5, 5.41) is 3.58. The molecule has 1 aromatic carbocycles. The van der Waals surface area contributed by atoms with Crippen molar-refractivity contribution in [2.45, 2.75) is 45.1 Å². The van der Waals surface area contributed by atoms with Crippen molar-refractivity contribution in [3.05, 3.63) is 57.0 Å². The van der Waals surface area contributed by atoms with Gasteiger partial charge in [-0.2, -0.15) is 0 Å². The summed E-state index contributed by atoms with van der Waals surface area (Å²) in [5.41, 5.74) is 2.54. The van der Waals surface area contributed by atoms with Gasteiger partial charge in [-0.25, -0.2) is 4.39 Å². The van der Waals surface area contributed by atoms with Crippen molar-refractivity contribution in [1.29, 1.82) is 0 Å². The van der Waals surface area contributed by atoms with Gasteiger partial charge in [0.2, 0.25) is 0 Å². The molecular formula is C18H22FNS. The van der Waals surface area contributed by atoms with Crippen LogP contribution in [-0.2, 0) is 12.8 Å². The molecule has 1 heterocycles. The third-order valence-corrected chi connectivity index (χ3v) is 5.38. The summed E-state index contributed by atoms with van der Waals surface area (Å²) in [4.78, 5) is 2.87. The van der Waals surface area contributed by atoms with E-state index in [0.717, 1.165) is 18.5 Å². The van der Waals surface area contributed by atoms with Crippen LogP contribution in [0, 0.1) is 5.82 Å². The maximum absolute atomic E-state index is 13.6. The lowest BCUT2D eigenvalue weighted by atomic mass is 9.97. The van der Waals surface area contributed by atoms with Gasteiger partial charge in [-0.3, -0.25) is 0 Å². The molecule has 1 aliphatic carbocycles. The number of benzene rings is 1. The highest BCUT2D eigenvalue weighted by atomic mass is 32.1. The molecule has 1 unspecified atom stereocenters. The van der Waals surface area contributed by atoms with Crippen LogP contribution < -0.4 is 5.32 Å². The average Bonchev–Trinajstić information content (AvgIpc) is 2.91. The summed E-state index contributed by atoms with van der Waals surface area (Å²) in [5.74, 6) is -0.155. The number of thiophene rings is 1. The summed E-state index contributed by atoms with van der Waals surface area (Å²) >= 11 is 1.91. The lowest BCUT2D eigenvalue weighted by Crippen LogP contribution is -2.22. The molecule has 1 aromatic heterocycles. The van der Waals surface area contributed by atoms with Crippen LogP contribution in [0.5, 0.6) is 0 Å². The number of nitrogens with one attached hydrogen (secondary N) is 1. The Kier molecular flexibility index (Phi) is 4.71. The zero-order valence-electron chi connectivity index (χ0n) is 12.5. The molecule has 21 heavy (non-hydrogen) atoms. The monoisotopic (exact) mass is 303 g/mol. The minimum absolute atomic E-state index is 0.122. The van der Waals surface area contributed by atoms with Crippen LogP contribution in [0.4, 0.5) is 4.39 Å². The molecule has 0 fully saturated rings. The summed E-state index contributed by atoms with van der Waals surface area (Å²) in [6.45, 7) is 3.11. The lowest BCUT2D eigenvalue weighted by molar-refractivity contribution is 0.590. The Morgan fingerprint density at radius 2 is 2.10 bits per heavy atom. The Hall–Kier alpha value is -1.19. The number of hydrogen-bond donors (Lipinski definition) is 1. The number of hydrogen-bond acceptors (Lipinski definition) is 2. The van der Waals surface area contributed by atoms with Gasteiger partial charge in [-0.05, 0) is 68.0 Å².